The van der Waals surface area contributed by atoms with Crippen molar-refractivity contribution in [3.05, 3.63) is 70.3 Å². The predicted octanol–water partition coefficient (Wildman–Crippen LogP) is 7.69. The highest BCUT2D eigenvalue weighted by atomic mass is 19.4. The summed E-state index contributed by atoms with van der Waals surface area (Å²) in [7, 11) is 1.46. The number of anilines is 2. The number of benzene rings is 2. The molecular weight excluding hydrogens is 610 g/mol. The van der Waals surface area contributed by atoms with Crippen LogP contribution in [0.2, 0.25) is 0 Å². The van der Waals surface area contributed by atoms with Gasteiger partial charge >= 0.3 is 12.4 Å². The molecule has 0 spiro atoms. The number of fused-ring (bicyclic) bond motifs is 1. The molecule has 2 heterocycles. The summed E-state index contributed by atoms with van der Waals surface area (Å²) in [4.78, 5) is 9.20. The molecule has 15 heteroatoms. The van der Waals surface area contributed by atoms with Crippen molar-refractivity contribution < 1.29 is 35.1 Å². The molecule has 1 saturated carbocycles. The Hall–Kier alpha value is -4.04. The lowest BCUT2D eigenvalue weighted by Crippen LogP contribution is -2.33. The fourth-order valence-corrected chi connectivity index (χ4v) is 5.77. The highest BCUT2D eigenvalue weighted by molar-refractivity contribution is 5.82. The van der Waals surface area contributed by atoms with E-state index in [1.165, 1.54) is 11.9 Å². The van der Waals surface area contributed by atoms with Crippen LogP contribution in [-0.2, 0) is 32.5 Å². The second-order valence-electron chi connectivity index (χ2n) is 11.3. The SMILES string of the molecule is CCN(CC1CCCCC1)c1nc2cc(F)c(F)cc2cc1CN(Cc1cc(C(F)(F)F)cc(C(F)(F)F)c1)c1nnn(C)n1. The number of tetrazole rings is 1. The summed E-state index contributed by atoms with van der Waals surface area (Å²) in [5, 5.41) is 12.2. The minimum atomic E-state index is -5.03. The summed E-state index contributed by atoms with van der Waals surface area (Å²) in [6.45, 7) is 2.48. The topological polar surface area (TPSA) is 63.0 Å². The quantitative estimate of drug-likeness (QED) is 0.175. The maximum absolute atomic E-state index is 14.3. The van der Waals surface area contributed by atoms with Gasteiger partial charge in [-0.15, -0.1) is 5.10 Å². The van der Waals surface area contributed by atoms with E-state index >= 15 is 0 Å². The van der Waals surface area contributed by atoms with Crippen molar-refractivity contribution in [1.29, 1.82) is 0 Å². The van der Waals surface area contributed by atoms with Gasteiger partial charge in [0.05, 0.1) is 23.7 Å². The summed E-state index contributed by atoms with van der Waals surface area (Å²) in [5.41, 5.74) is -2.51. The fraction of sp³-hybridized carbons (Fsp3) is 0.467. The third-order valence-electron chi connectivity index (χ3n) is 7.96. The zero-order valence-electron chi connectivity index (χ0n) is 24.6. The molecule has 0 radical (unpaired) electrons. The Morgan fingerprint density at radius 3 is 2.04 bits per heavy atom. The lowest BCUT2D eigenvalue weighted by Gasteiger charge is -2.32. The summed E-state index contributed by atoms with van der Waals surface area (Å²) >= 11 is 0. The largest absolute Gasteiger partial charge is 0.416 e. The number of pyridine rings is 1. The van der Waals surface area contributed by atoms with Gasteiger partial charge in [-0.1, -0.05) is 24.4 Å². The summed E-state index contributed by atoms with van der Waals surface area (Å²) in [5.74, 6) is -1.41. The number of nitrogens with zero attached hydrogens (tertiary/aromatic N) is 7. The van der Waals surface area contributed by atoms with Crippen molar-refractivity contribution in [1.82, 2.24) is 25.2 Å². The Morgan fingerprint density at radius 2 is 1.47 bits per heavy atom. The van der Waals surface area contributed by atoms with E-state index in [2.05, 4.69) is 15.4 Å². The van der Waals surface area contributed by atoms with E-state index in [0.717, 1.165) is 49.0 Å². The van der Waals surface area contributed by atoms with Gasteiger partial charge in [0.2, 0.25) is 0 Å². The Bertz CT molecular complexity index is 1610. The molecule has 1 fully saturated rings. The number of aryl methyl sites for hydroxylation is 1. The van der Waals surface area contributed by atoms with Gasteiger partial charge in [0.1, 0.15) is 5.82 Å². The predicted molar refractivity (Wildman–Crippen MR) is 151 cm³/mol. The van der Waals surface area contributed by atoms with Gasteiger partial charge in [-0.2, -0.15) is 31.1 Å². The van der Waals surface area contributed by atoms with Gasteiger partial charge in [-0.05, 0) is 66.8 Å². The second-order valence-corrected chi connectivity index (χ2v) is 11.3. The standard InChI is InChI=1S/C30H31F8N7/c1-3-44(15-18-7-5-4-6-8-18)27-21(11-20-12-24(31)25(32)14-26(20)39-27)17-45(28-40-42-43(2)41-28)16-19-9-22(29(33,34)35)13-23(10-19)30(36,37)38/h9-14,18H,3-8,15-17H2,1-2H3. The van der Waals surface area contributed by atoms with Crippen LogP contribution in [0.5, 0.6) is 0 Å². The smallest absolute Gasteiger partial charge is 0.356 e. The summed E-state index contributed by atoms with van der Waals surface area (Å²) < 4.78 is 110. The molecule has 45 heavy (non-hydrogen) atoms. The molecule has 5 rings (SSSR count). The van der Waals surface area contributed by atoms with Crippen LogP contribution in [0.15, 0.2) is 36.4 Å². The average Bonchev–Trinajstić information content (AvgIpc) is 3.42. The molecule has 0 unspecified atom stereocenters. The van der Waals surface area contributed by atoms with E-state index < -0.39 is 41.7 Å². The van der Waals surface area contributed by atoms with Crippen molar-refractivity contribution in [2.75, 3.05) is 22.9 Å². The van der Waals surface area contributed by atoms with E-state index in [-0.39, 0.29) is 35.0 Å². The van der Waals surface area contributed by atoms with Gasteiger partial charge in [-0.3, -0.25) is 0 Å². The third kappa shape index (κ3) is 7.61. The van der Waals surface area contributed by atoms with Crippen LogP contribution >= 0.6 is 0 Å². The highest BCUT2D eigenvalue weighted by Crippen LogP contribution is 2.37. The first-order valence-electron chi connectivity index (χ1n) is 14.5. The molecule has 0 atom stereocenters. The van der Waals surface area contributed by atoms with Crippen molar-refractivity contribution in [3.8, 4) is 0 Å². The molecule has 2 aromatic carbocycles. The van der Waals surface area contributed by atoms with Crippen LogP contribution < -0.4 is 9.80 Å². The minimum absolute atomic E-state index is 0.0601. The van der Waals surface area contributed by atoms with Crippen LogP contribution in [0, 0.1) is 17.6 Å². The van der Waals surface area contributed by atoms with E-state index in [0.29, 0.717) is 42.5 Å². The highest BCUT2D eigenvalue weighted by Gasteiger charge is 2.37. The number of rotatable bonds is 9. The molecule has 7 nitrogen and oxygen atoms in total. The third-order valence-corrected chi connectivity index (χ3v) is 7.96. The monoisotopic (exact) mass is 641 g/mol. The first-order valence-corrected chi connectivity index (χ1v) is 14.5. The molecule has 2 aromatic heterocycles. The van der Waals surface area contributed by atoms with Gasteiger partial charge in [0, 0.05) is 43.2 Å². The van der Waals surface area contributed by atoms with Crippen LogP contribution in [0.1, 0.15) is 61.3 Å². The Balaban J connectivity index is 1.60. The molecular formula is C30H31F8N7. The van der Waals surface area contributed by atoms with Gasteiger partial charge in [-0.25, -0.2) is 13.8 Å². The molecule has 0 saturated heterocycles. The number of aromatic nitrogens is 5. The van der Waals surface area contributed by atoms with Crippen LogP contribution in [0.25, 0.3) is 10.9 Å². The first-order chi connectivity index (χ1) is 21.2. The number of alkyl halides is 6. The lowest BCUT2D eigenvalue weighted by molar-refractivity contribution is -0.143. The molecule has 1 aliphatic carbocycles. The van der Waals surface area contributed by atoms with E-state index in [1.807, 2.05) is 11.8 Å². The Morgan fingerprint density at radius 1 is 0.822 bits per heavy atom. The lowest BCUT2D eigenvalue weighted by atomic mass is 9.89. The minimum Gasteiger partial charge on any atom is -0.356 e. The molecule has 0 amide bonds. The van der Waals surface area contributed by atoms with Gasteiger partial charge in [0.25, 0.3) is 5.95 Å². The van der Waals surface area contributed by atoms with E-state index in [9.17, 15) is 35.1 Å². The van der Waals surface area contributed by atoms with Crippen LogP contribution in [-0.4, -0.2) is 38.3 Å². The molecule has 242 valence electrons. The van der Waals surface area contributed by atoms with E-state index in [4.69, 9.17) is 4.98 Å². The average molecular weight is 642 g/mol. The molecule has 0 bridgehead atoms. The molecule has 1 aliphatic rings. The van der Waals surface area contributed by atoms with Crippen LogP contribution in [0.4, 0.5) is 46.9 Å². The fourth-order valence-electron chi connectivity index (χ4n) is 5.77. The van der Waals surface area contributed by atoms with Gasteiger partial charge in [0.15, 0.2) is 11.6 Å². The summed E-state index contributed by atoms with van der Waals surface area (Å²) in [6.07, 6.45) is -4.68. The van der Waals surface area contributed by atoms with Gasteiger partial charge < -0.3 is 9.80 Å². The molecule has 0 N–H and O–H groups in total. The van der Waals surface area contributed by atoms with Crippen molar-refractivity contribution >= 4 is 22.7 Å². The van der Waals surface area contributed by atoms with E-state index in [1.54, 1.807) is 6.07 Å². The van der Waals surface area contributed by atoms with Crippen molar-refractivity contribution in [2.45, 2.75) is 64.5 Å². The zero-order valence-corrected chi connectivity index (χ0v) is 24.6. The number of hydrogen-bond acceptors (Lipinski definition) is 6. The number of hydrogen-bond donors (Lipinski definition) is 0. The zero-order chi connectivity index (χ0) is 32.5. The maximum Gasteiger partial charge on any atom is 0.416 e. The Labute approximate surface area is 253 Å². The van der Waals surface area contributed by atoms with Crippen molar-refractivity contribution in [2.24, 2.45) is 13.0 Å². The first kappa shape index (κ1) is 32.4. The second kappa shape index (κ2) is 12.8. The molecule has 0 aliphatic heterocycles. The van der Waals surface area contributed by atoms with Crippen LogP contribution in [0.3, 0.4) is 0 Å². The molecule has 4 aromatic rings. The van der Waals surface area contributed by atoms with Crippen molar-refractivity contribution in [3.63, 3.8) is 0 Å². The normalized spacial score (nSPS) is 14.7. The number of halogens is 8. The Kier molecular flexibility index (Phi) is 9.17. The summed E-state index contributed by atoms with van der Waals surface area (Å²) in [6, 6.07) is 4.96. The maximum atomic E-state index is 14.3.